The maximum atomic E-state index is 11.8. The van der Waals surface area contributed by atoms with Gasteiger partial charge in [-0.1, -0.05) is 26.7 Å². The van der Waals surface area contributed by atoms with Gasteiger partial charge in [0.05, 0.1) is 5.75 Å². The first-order valence-corrected chi connectivity index (χ1v) is 8.77. The Morgan fingerprint density at radius 2 is 1.76 bits per heavy atom. The van der Waals surface area contributed by atoms with Crippen molar-refractivity contribution in [2.45, 2.75) is 52.4 Å². The lowest BCUT2D eigenvalue weighted by atomic mass is 9.83. The molecule has 0 unspecified atom stereocenters. The van der Waals surface area contributed by atoms with Gasteiger partial charge in [0.25, 0.3) is 0 Å². The second kappa shape index (κ2) is 6.74. The molecule has 0 radical (unpaired) electrons. The van der Waals surface area contributed by atoms with Crippen LogP contribution in [0.15, 0.2) is 0 Å². The van der Waals surface area contributed by atoms with Gasteiger partial charge in [0.15, 0.2) is 0 Å². The molecule has 4 heteroatoms. The van der Waals surface area contributed by atoms with E-state index in [2.05, 4.69) is 12.2 Å². The number of nitrogens with one attached hydrogen (secondary N) is 1. The zero-order chi connectivity index (χ0) is 12.8. The van der Waals surface area contributed by atoms with E-state index in [1.807, 2.05) is 6.92 Å². The van der Waals surface area contributed by atoms with Gasteiger partial charge in [0, 0.05) is 12.3 Å². The van der Waals surface area contributed by atoms with E-state index < -0.39 is 9.84 Å². The Kier molecular flexibility index (Phi) is 5.93. The van der Waals surface area contributed by atoms with Crippen LogP contribution in [0.4, 0.5) is 0 Å². The number of hydrogen-bond acceptors (Lipinski definition) is 3. The molecule has 102 valence electrons. The zero-order valence-electron chi connectivity index (χ0n) is 11.3. The largest absolute Gasteiger partial charge is 0.316 e. The first-order valence-electron chi connectivity index (χ1n) is 6.95. The van der Waals surface area contributed by atoms with Gasteiger partial charge in [0.1, 0.15) is 9.84 Å². The fourth-order valence-electron chi connectivity index (χ4n) is 2.82. The third kappa shape index (κ3) is 4.96. The van der Waals surface area contributed by atoms with Crippen LogP contribution in [0.25, 0.3) is 0 Å². The number of sulfone groups is 1. The van der Waals surface area contributed by atoms with Crippen molar-refractivity contribution in [3.8, 4) is 0 Å². The average Bonchev–Trinajstić information content (AvgIpc) is 2.73. The van der Waals surface area contributed by atoms with Crippen molar-refractivity contribution in [1.82, 2.24) is 5.32 Å². The Morgan fingerprint density at radius 3 is 2.29 bits per heavy atom. The first-order chi connectivity index (χ1) is 8.04. The van der Waals surface area contributed by atoms with Crippen LogP contribution in [0, 0.1) is 5.41 Å². The van der Waals surface area contributed by atoms with E-state index in [0.29, 0.717) is 11.5 Å². The lowest BCUT2D eigenvalue weighted by molar-refractivity contribution is 0.272. The summed E-state index contributed by atoms with van der Waals surface area (Å²) in [5, 5.41) is 3.40. The molecule has 0 saturated heterocycles. The molecule has 1 rings (SSSR count). The van der Waals surface area contributed by atoms with Crippen molar-refractivity contribution in [1.29, 1.82) is 0 Å². The van der Waals surface area contributed by atoms with E-state index in [0.717, 1.165) is 25.9 Å². The normalized spacial score (nSPS) is 19.6. The number of hydrogen-bond donors (Lipinski definition) is 1. The summed E-state index contributed by atoms with van der Waals surface area (Å²) >= 11 is 0. The van der Waals surface area contributed by atoms with Gasteiger partial charge in [-0.25, -0.2) is 8.42 Å². The quantitative estimate of drug-likeness (QED) is 0.729. The van der Waals surface area contributed by atoms with E-state index in [4.69, 9.17) is 0 Å². The van der Waals surface area contributed by atoms with Crippen molar-refractivity contribution in [3.05, 3.63) is 0 Å². The second-order valence-corrected chi connectivity index (χ2v) is 7.69. The Bertz CT molecular complexity index is 305. The standard InChI is InChI=1S/C13H27NO2S/c1-3-10-17(15,16)11-9-13(12-14-4-2)7-5-6-8-13/h14H,3-12H2,1-2H3. The minimum Gasteiger partial charge on any atom is -0.316 e. The first kappa shape index (κ1) is 15.0. The molecule has 1 N–H and O–H groups in total. The topological polar surface area (TPSA) is 46.2 Å². The van der Waals surface area contributed by atoms with Crippen LogP contribution in [0.3, 0.4) is 0 Å². The van der Waals surface area contributed by atoms with Crippen molar-refractivity contribution in [3.63, 3.8) is 0 Å². The maximum absolute atomic E-state index is 11.8. The van der Waals surface area contributed by atoms with Crippen molar-refractivity contribution in [2.24, 2.45) is 5.41 Å². The molecule has 0 heterocycles. The summed E-state index contributed by atoms with van der Waals surface area (Å²) in [4.78, 5) is 0. The molecule has 1 fully saturated rings. The maximum Gasteiger partial charge on any atom is 0.150 e. The molecule has 0 bridgehead atoms. The predicted octanol–water partition coefficient (Wildman–Crippen LogP) is 2.37. The highest BCUT2D eigenvalue weighted by Gasteiger charge is 2.34. The van der Waals surface area contributed by atoms with Crippen molar-refractivity contribution >= 4 is 9.84 Å². The van der Waals surface area contributed by atoms with Crippen LogP contribution in [0.2, 0.25) is 0 Å². The fourth-order valence-corrected chi connectivity index (χ4v) is 4.39. The van der Waals surface area contributed by atoms with E-state index in [-0.39, 0.29) is 5.41 Å². The summed E-state index contributed by atoms with van der Waals surface area (Å²) in [5.41, 5.74) is 0.261. The van der Waals surface area contributed by atoms with Gasteiger partial charge in [-0.2, -0.15) is 0 Å². The SMILES string of the molecule is CCCS(=O)(=O)CCC1(CNCC)CCCC1. The molecular formula is C13H27NO2S. The van der Waals surface area contributed by atoms with Crippen molar-refractivity contribution < 1.29 is 8.42 Å². The molecule has 1 saturated carbocycles. The Hall–Kier alpha value is -0.0900. The molecule has 1 aliphatic rings. The molecular weight excluding hydrogens is 234 g/mol. The highest BCUT2D eigenvalue weighted by atomic mass is 32.2. The molecule has 0 atom stereocenters. The second-order valence-electron chi connectivity index (χ2n) is 5.39. The van der Waals surface area contributed by atoms with Gasteiger partial charge in [-0.3, -0.25) is 0 Å². The van der Waals surface area contributed by atoms with E-state index in [1.165, 1.54) is 25.7 Å². The average molecular weight is 261 g/mol. The molecule has 0 aromatic rings. The lowest BCUT2D eigenvalue weighted by Crippen LogP contribution is -2.34. The summed E-state index contributed by atoms with van der Waals surface area (Å²) in [6.07, 6.45) is 6.51. The van der Waals surface area contributed by atoms with Gasteiger partial charge in [-0.05, 0) is 37.6 Å². The molecule has 0 aliphatic heterocycles. The van der Waals surface area contributed by atoms with Crippen LogP contribution < -0.4 is 5.32 Å². The molecule has 0 spiro atoms. The molecule has 1 aliphatic carbocycles. The smallest absolute Gasteiger partial charge is 0.150 e. The van der Waals surface area contributed by atoms with Crippen LogP contribution in [0.5, 0.6) is 0 Å². The predicted molar refractivity (Wildman–Crippen MR) is 73.0 cm³/mol. The van der Waals surface area contributed by atoms with Gasteiger partial charge >= 0.3 is 0 Å². The summed E-state index contributed by atoms with van der Waals surface area (Å²) in [5.74, 6) is 0.733. The van der Waals surface area contributed by atoms with Crippen LogP contribution in [-0.4, -0.2) is 33.0 Å². The monoisotopic (exact) mass is 261 g/mol. The van der Waals surface area contributed by atoms with Gasteiger partial charge < -0.3 is 5.32 Å². The van der Waals surface area contributed by atoms with Crippen molar-refractivity contribution in [2.75, 3.05) is 24.6 Å². The molecule has 0 aromatic heterocycles. The third-order valence-electron chi connectivity index (χ3n) is 3.87. The molecule has 0 amide bonds. The Labute approximate surface area is 106 Å². The van der Waals surface area contributed by atoms with Crippen LogP contribution in [-0.2, 0) is 9.84 Å². The number of rotatable bonds is 8. The lowest BCUT2D eigenvalue weighted by Gasteiger charge is -2.29. The van der Waals surface area contributed by atoms with Gasteiger partial charge in [-0.15, -0.1) is 0 Å². The molecule has 17 heavy (non-hydrogen) atoms. The fraction of sp³-hybridized carbons (Fsp3) is 1.00. The molecule has 3 nitrogen and oxygen atoms in total. The van der Waals surface area contributed by atoms with Crippen LogP contribution in [0.1, 0.15) is 52.4 Å². The molecule has 0 aromatic carbocycles. The highest BCUT2D eigenvalue weighted by molar-refractivity contribution is 7.91. The Morgan fingerprint density at radius 1 is 1.12 bits per heavy atom. The van der Waals surface area contributed by atoms with E-state index >= 15 is 0 Å². The van der Waals surface area contributed by atoms with E-state index in [9.17, 15) is 8.42 Å². The van der Waals surface area contributed by atoms with Gasteiger partial charge in [0.2, 0.25) is 0 Å². The minimum atomic E-state index is -2.81. The zero-order valence-corrected chi connectivity index (χ0v) is 12.1. The summed E-state index contributed by atoms with van der Waals surface area (Å²) < 4.78 is 23.6. The summed E-state index contributed by atoms with van der Waals surface area (Å²) in [7, 11) is -2.81. The third-order valence-corrected chi connectivity index (χ3v) is 5.73. The Balaban J connectivity index is 2.50. The summed E-state index contributed by atoms with van der Waals surface area (Å²) in [6.45, 7) is 6.01. The minimum absolute atomic E-state index is 0.261. The van der Waals surface area contributed by atoms with E-state index in [1.54, 1.807) is 0 Å². The summed E-state index contributed by atoms with van der Waals surface area (Å²) in [6, 6.07) is 0. The highest BCUT2D eigenvalue weighted by Crippen LogP contribution is 2.40. The van der Waals surface area contributed by atoms with Crippen LogP contribution >= 0.6 is 0 Å².